The van der Waals surface area contributed by atoms with Gasteiger partial charge in [-0.1, -0.05) is 13.8 Å². The summed E-state index contributed by atoms with van der Waals surface area (Å²) in [4.78, 5) is 23.8. The van der Waals surface area contributed by atoms with Gasteiger partial charge in [-0.15, -0.1) is 0 Å². The van der Waals surface area contributed by atoms with Crippen LogP contribution < -0.4 is 20.3 Å². The molecule has 1 amide bonds. The fraction of sp³-hybridized carbons (Fsp3) is 0.391. The second-order valence-electron chi connectivity index (χ2n) is 8.44. The van der Waals surface area contributed by atoms with Crippen LogP contribution in [0.25, 0.3) is 0 Å². The third-order valence-corrected chi connectivity index (χ3v) is 6.39. The normalized spacial score (nSPS) is 14.0. The Balaban J connectivity index is 0.000000604. The summed E-state index contributed by atoms with van der Waals surface area (Å²) in [6, 6.07) is 9.52. The molecule has 0 saturated carbocycles. The first-order chi connectivity index (χ1) is 17.2. The summed E-state index contributed by atoms with van der Waals surface area (Å²) in [5.41, 5.74) is 1.45. The number of carbonyl (C=O) groups is 2. The maximum absolute atomic E-state index is 13.1. The van der Waals surface area contributed by atoms with E-state index in [2.05, 4.69) is 20.3 Å². The predicted octanol–water partition coefficient (Wildman–Crippen LogP) is 3.06. The van der Waals surface area contributed by atoms with Crippen LogP contribution in [0.3, 0.4) is 0 Å². The number of piperazine rings is 1. The van der Waals surface area contributed by atoms with Crippen molar-refractivity contribution in [3.05, 3.63) is 53.8 Å². The first kappa shape index (κ1) is 29.8. The summed E-state index contributed by atoms with van der Waals surface area (Å²) in [6.45, 7) is 7.66. The van der Waals surface area contributed by atoms with E-state index in [0.29, 0.717) is 12.1 Å². The van der Waals surface area contributed by atoms with Gasteiger partial charge in [0.1, 0.15) is 5.82 Å². The minimum atomic E-state index is -5.08. The van der Waals surface area contributed by atoms with E-state index in [1.165, 1.54) is 12.1 Å². The van der Waals surface area contributed by atoms with Crippen molar-refractivity contribution in [2.75, 3.05) is 42.3 Å². The Labute approximate surface area is 211 Å². The minimum Gasteiger partial charge on any atom is -0.475 e. The number of anilines is 2. The highest BCUT2D eigenvalue weighted by Gasteiger charge is 2.38. The van der Waals surface area contributed by atoms with Gasteiger partial charge in [0, 0.05) is 44.1 Å². The molecule has 1 fully saturated rings. The maximum atomic E-state index is 13.1. The first-order valence-electron chi connectivity index (χ1n) is 11.2. The van der Waals surface area contributed by atoms with Crippen LogP contribution in [0.4, 0.5) is 28.9 Å². The smallest absolute Gasteiger partial charge is 0.475 e. The molecule has 1 saturated heterocycles. The highest BCUT2D eigenvalue weighted by atomic mass is 32.2. The van der Waals surface area contributed by atoms with Crippen LogP contribution in [-0.2, 0) is 14.8 Å². The molecule has 1 heterocycles. The standard InChI is InChI=1S/C21H27FN4O3S.C2HF3O2/c1-15(2)14-24-21(27)19-13-17(5-8-20(19)26-11-9-23-10-12-26)25-30(28,29)18-6-3-16(22)4-7-18;3-2(4,5)1(6)7/h3-8,13,15,23,25H,9-12,14H2,1-2H3,(H,24,27);(H,6,7). The number of benzene rings is 2. The largest absolute Gasteiger partial charge is 0.490 e. The van der Waals surface area contributed by atoms with Gasteiger partial charge in [-0.2, -0.15) is 13.2 Å². The first-order valence-corrected chi connectivity index (χ1v) is 12.7. The number of nitrogens with zero attached hydrogens (tertiary/aromatic N) is 1. The van der Waals surface area contributed by atoms with Gasteiger partial charge in [0.2, 0.25) is 0 Å². The van der Waals surface area contributed by atoms with E-state index in [-0.39, 0.29) is 22.4 Å². The summed E-state index contributed by atoms with van der Waals surface area (Å²) in [6.07, 6.45) is -5.08. The van der Waals surface area contributed by atoms with E-state index in [9.17, 15) is 30.8 Å². The number of carbonyl (C=O) groups excluding carboxylic acids is 1. The minimum absolute atomic E-state index is 0.0547. The second kappa shape index (κ2) is 12.7. The van der Waals surface area contributed by atoms with Crippen molar-refractivity contribution in [1.29, 1.82) is 0 Å². The van der Waals surface area contributed by atoms with Crippen LogP contribution in [0.1, 0.15) is 24.2 Å². The van der Waals surface area contributed by atoms with Crippen molar-refractivity contribution < 1.29 is 40.7 Å². The van der Waals surface area contributed by atoms with Gasteiger partial charge in [-0.25, -0.2) is 17.6 Å². The molecule has 1 aliphatic heterocycles. The van der Waals surface area contributed by atoms with E-state index < -0.39 is 28.0 Å². The number of nitrogens with one attached hydrogen (secondary N) is 3. The zero-order valence-corrected chi connectivity index (χ0v) is 20.9. The van der Waals surface area contributed by atoms with E-state index in [1.54, 1.807) is 18.2 Å². The number of carboxylic acid groups (broad SMARTS) is 1. The number of carboxylic acids is 1. The van der Waals surface area contributed by atoms with Gasteiger partial charge in [0.15, 0.2) is 0 Å². The van der Waals surface area contributed by atoms with Crippen molar-refractivity contribution in [2.45, 2.75) is 24.9 Å². The molecular weight excluding hydrogens is 520 g/mol. The molecule has 1 aliphatic rings. The molecule has 0 unspecified atom stereocenters. The summed E-state index contributed by atoms with van der Waals surface area (Å²) >= 11 is 0. The maximum Gasteiger partial charge on any atom is 0.490 e. The Morgan fingerprint density at radius 1 is 1.08 bits per heavy atom. The molecule has 37 heavy (non-hydrogen) atoms. The number of halogens is 4. The zero-order chi connectivity index (χ0) is 27.8. The SMILES string of the molecule is CC(C)CNC(=O)c1cc(NS(=O)(=O)c2ccc(F)cc2)ccc1N1CCNCC1.O=C(O)C(F)(F)F. The summed E-state index contributed by atoms with van der Waals surface area (Å²) in [5, 5.41) is 13.3. The number of hydrogen-bond acceptors (Lipinski definition) is 6. The number of sulfonamides is 1. The van der Waals surface area contributed by atoms with Crippen molar-refractivity contribution in [1.82, 2.24) is 10.6 Å². The van der Waals surface area contributed by atoms with Crippen molar-refractivity contribution in [3.8, 4) is 0 Å². The quantitative estimate of drug-likeness (QED) is 0.392. The van der Waals surface area contributed by atoms with E-state index in [0.717, 1.165) is 44.0 Å². The zero-order valence-electron chi connectivity index (χ0n) is 20.1. The monoisotopic (exact) mass is 548 g/mol. The van der Waals surface area contributed by atoms with Gasteiger partial charge in [-0.3, -0.25) is 9.52 Å². The lowest BCUT2D eigenvalue weighted by Gasteiger charge is -2.31. The third-order valence-electron chi connectivity index (χ3n) is 4.99. The van der Waals surface area contributed by atoms with Gasteiger partial charge >= 0.3 is 12.1 Å². The highest BCUT2D eigenvalue weighted by molar-refractivity contribution is 7.92. The van der Waals surface area contributed by atoms with Gasteiger partial charge < -0.3 is 20.6 Å². The molecule has 0 atom stereocenters. The predicted molar refractivity (Wildman–Crippen MR) is 130 cm³/mol. The Kier molecular flexibility index (Phi) is 10.3. The summed E-state index contributed by atoms with van der Waals surface area (Å²) < 4.78 is 72.6. The Morgan fingerprint density at radius 2 is 1.65 bits per heavy atom. The molecule has 0 radical (unpaired) electrons. The lowest BCUT2D eigenvalue weighted by molar-refractivity contribution is -0.192. The molecule has 3 rings (SSSR count). The van der Waals surface area contributed by atoms with E-state index >= 15 is 0 Å². The van der Waals surface area contributed by atoms with Crippen LogP contribution in [0, 0.1) is 11.7 Å². The molecule has 4 N–H and O–H groups in total. The molecule has 0 aliphatic carbocycles. The molecule has 0 bridgehead atoms. The van der Waals surface area contributed by atoms with Crippen LogP contribution >= 0.6 is 0 Å². The fourth-order valence-electron chi connectivity index (χ4n) is 3.18. The van der Waals surface area contributed by atoms with Crippen molar-refractivity contribution in [3.63, 3.8) is 0 Å². The topological polar surface area (TPSA) is 128 Å². The number of rotatable bonds is 7. The molecule has 2 aromatic carbocycles. The number of aliphatic carboxylic acids is 1. The molecule has 14 heteroatoms. The molecule has 204 valence electrons. The Bertz CT molecular complexity index is 1180. The highest BCUT2D eigenvalue weighted by Crippen LogP contribution is 2.27. The van der Waals surface area contributed by atoms with Gasteiger partial charge in [0.25, 0.3) is 15.9 Å². The van der Waals surface area contributed by atoms with Gasteiger partial charge in [-0.05, 0) is 48.4 Å². The number of alkyl halides is 3. The summed E-state index contributed by atoms with van der Waals surface area (Å²) in [7, 11) is -3.91. The molecule has 0 spiro atoms. The van der Waals surface area contributed by atoms with Crippen LogP contribution in [0.2, 0.25) is 0 Å². The average molecular weight is 549 g/mol. The summed E-state index contributed by atoms with van der Waals surface area (Å²) in [5.74, 6) is -3.23. The molecule has 0 aromatic heterocycles. The van der Waals surface area contributed by atoms with Crippen LogP contribution in [0.5, 0.6) is 0 Å². The average Bonchev–Trinajstić information content (AvgIpc) is 2.83. The Morgan fingerprint density at radius 3 is 2.16 bits per heavy atom. The van der Waals surface area contributed by atoms with Gasteiger partial charge in [0.05, 0.1) is 10.5 Å². The Hall–Kier alpha value is -3.39. The van der Waals surface area contributed by atoms with Crippen molar-refractivity contribution >= 4 is 33.3 Å². The van der Waals surface area contributed by atoms with Crippen LogP contribution in [-0.4, -0.2) is 64.3 Å². The number of hydrogen-bond donors (Lipinski definition) is 4. The van der Waals surface area contributed by atoms with E-state index in [4.69, 9.17) is 9.90 Å². The van der Waals surface area contributed by atoms with Crippen molar-refractivity contribution in [2.24, 2.45) is 5.92 Å². The molecular formula is C23H28F4N4O5S. The number of amides is 1. The van der Waals surface area contributed by atoms with Crippen LogP contribution in [0.15, 0.2) is 47.4 Å². The van der Waals surface area contributed by atoms with E-state index in [1.807, 2.05) is 13.8 Å². The lowest BCUT2D eigenvalue weighted by atomic mass is 10.1. The second-order valence-corrected chi connectivity index (χ2v) is 10.1. The lowest BCUT2D eigenvalue weighted by Crippen LogP contribution is -2.44. The molecule has 9 nitrogen and oxygen atoms in total. The fourth-order valence-corrected chi connectivity index (χ4v) is 4.23. The third kappa shape index (κ3) is 9.21. The molecule has 2 aromatic rings.